The van der Waals surface area contributed by atoms with Gasteiger partial charge < -0.3 is 25.8 Å². The fourth-order valence-electron chi connectivity index (χ4n) is 4.24. The average Bonchev–Trinajstić information content (AvgIpc) is 3.37. The van der Waals surface area contributed by atoms with E-state index in [-0.39, 0.29) is 60.4 Å². The number of likely N-dealkylation sites (N-methyl/N-ethyl adjacent to an activating group) is 1. The first kappa shape index (κ1) is 30.4. The summed E-state index contributed by atoms with van der Waals surface area (Å²) in [6.07, 6.45) is 0.308. The second kappa shape index (κ2) is 14.8. The summed E-state index contributed by atoms with van der Waals surface area (Å²) in [6.45, 7) is 7.70. The molecule has 0 aliphatic carbocycles. The van der Waals surface area contributed by atoms with E-state index in [9.17, 15) is 19.5 Å². The zero-order valence-electron chi connectivity index (χ0n) is 22.3. The zero-order valence-corrected chi connectivity index (χ0v) is 23.2. The molecule has 204 valence electrons. The number of aromatic nitrogens is 1. The second-order valence-corrected chi connectivity index (χ2v) is 10.5. The molecule has 4 atom stereocenters. The van der Waals surface area contributed by atoms with Crippen LogP contribution < -0.4 is 11.1 Å². The molecular formula is C27H40N4O5S. The third-order valence-corrected chi connectivity index (χ3v) is 7.27. The number of hydrogen-bond acceptors (Lipinski definition) is 8. The van der Waals surface area contributed by atoms with Crippen molar-refractivity contribution in [1.82, 2.24) is 15.2 Å². The maximum atomic E-state index is 13.1. The van der Waals surface area contributed by atoms with Gasteiger partial charge in [-0.15, -0.1) is 11.3 Å². The fourth-order valence-corrected chi connectivity index (χ4v) is 5.04. The van der Waals surface area contributed by atoms with Gasteiger partial charge >= 0.3 is 5.97 Å². The zero-order chi connectivity index (χ0) is 27.5. The molecule has 9 nitrogen and oxygen atoms in total. The Labute approximate surface area is 223 Å². The van der Waals surface area contributed by atoms with Crippen LogP contribution >= 0.6 is 11.3 Å². The van der Waals surface area contributed by atoms with Gasteiger partial charge in [0.25, 0.3) is 5.91 Å². The number of benzene rings is 1. The third-order valence-electron chi connectivity index (χ3n) is 6.33. The van der Waals surface area contributed by atoms with Crippen molar-refractivity contribution in [3.63, 3.8) is 0 Å². The number of carbonyl (C=O) groups is 3. The number of nitrogens with one attached hydrogen (secondary N) is 1. The number of nitrogens with two attached hydrogens (primary N) is 1. The van der Waals surface area contributed by atoms with Crippen molar-refractivity contribution in [2.24, 2.45) is 17.6 Å². The van der Waals surface area contributed by atoms with Crippen LogP contribution in [0.3, 0.4) is 0 Å². The van der Waals surface area contributed by atoms with Gasteiger partial charge in [-0.1, -0.05) is 51.1 Å². The van der Waals surface area contributed by atoms with Crippen LogP contribution in [0.2, 0.25) is 0 Å². The Hall–Kier alpha value is -2.82. The Bertz CT molecular complexity index is 1010. The summed E-state index contributed by atoms with van der Waals surface area (Å²) in [5.41, 5.74) is 6.74. The molecular weight excluding hydrogens is 492 g/mol. The molecule has 1 heterocycles. The van der Waals surface area contributed by atoms with Gasteiger partial charge in [-0.3, -0.25) is 14.4 Å². The Kier molecular flexibility index (Phi) is 12.2. The number of ether oxygens (including phenoxy) is 1. The van der Waals surface area contributed by atoms with Crippen LogP contribution in [0.1, 0.15) is 67.7 Å². The van der Waals surface area contributed by atoms with Gasteiger partial charge in [0.15, 0.2) is 0 Å². The van der Waals surface area contributed by atoms with Crippen LogP contribution in [-0.2, 0) is 20.7 Å². The van der Waals surface area contributed by atoms with E-state index in [1.807, 2.05) is 44.2 Å². The third kappa shape index (κ3) is 9.21. The quantitative estimate of drug-likeness (QED) is 0.318. The Morgan fingerprint density at radius 2 is 1.84 bits per heavy atom. The second-order valence-electron chi connectivity index (χ2n) is 9.59. The predicted octanol–water partition coefficient (Wildman–Crippen LogP) is 2.94. The summed E-state index contributed by atoms with van der Waals surface area (Å²) in [4.78, 5) is 43.3. The van der Waals surface area contributed by atoms with Gasteiger partial charge in [-0.25, -0.2) is 4.98 Å². The minimum absolute atomic E-state index is 0.0954. The van der Waals surface area contributed by atoms with E-state index in [2.05, 4.69) is 10.3 Å². The van der Waals surface area contributed by atoms with E-state index in [0.29, 0.717) is 24.5 Å². The molecule has 0 fully saturated rings. The number of carbonyl (C=O) groups excluding carboxylic acids is 3. The van der Waals surface area contributed by atoms with Crippen molar-refractivity contribution in [3.05, 3.63) is 52.0 Å². The minimum atomic E-state index is -0.934. The number of hydrogen-bond donors (Lipinski definition) is 3. The largest absolute Gasteiger partial charge is 0.466 e. The molecule has 4 unspecified atom stereocenters. The molecule has 2 amide bonds. The van der Waals surface area contributed by atoms with Crippen LogP contribution in [0.4, 0.5) is 0 Å². The van der Waals surface area contributed by atoms with E-state index in [0.717, 1.165) is 5.56 Å². The molecule has 2 rings (SSSR count). The van der Waals surface area contributed by atoms with Crippen molar-refractivity contribution in [2.45, 2.75) is 65.1 Å². The smallest absolute Gasteiger partial charge is 0.308 e. The highest BCUT2D eigenvalue weighted by Crippen LogP contribution is 2.27. The Balaban J connectivity index is 2.12. The molecule has 0 radical (unpaired) electrons. The molecule has 37 heavy (non-hydrogen) atoms. The van der Waals surface area contributed by atoms with Crippen LogP contribution in [-0.4, -0.2) is 65.1 Å². The van der Waals surface area contributed by atoms with Gasteiger partial charge in [0.2, 0.25) is 5.91 Å². The highest BCUT2D eigenvalue weighted by molar-refractivity contribution is 7.09. The average molecular weight is 533 g/mol. The minimum Gasteiger partial charge on any atom is -0.466 e. The topological polar surface area (TPSA) is 135 Å². The van der Waals surface area contributed by atoms with Crippen LogP contribution in [0.15, 0.2) is 35.7 Å². The molecule has 0 saturated heterocycles. The van der Waals surface area contributed by atoms with Crippen LogP contribution in [0.25, 0.3) is 0 Å². The highest BCUT2D eigenvalue weighted by Gasteiger charge is 2.28. The molecule has 0 aliphatic rings. The van der Waals surface area contributed by atoms with Gasteiger partial charge in [0, 0.05) is 30.9 Å². The summed E-state index contributed by atoms with van der Waals surface area (Å²) in [6, 6.07) is 9.19. The number of aliphatic hydroxyl groups is 1. The van der Waals surface area contributed by atoms with Gasteiger partial charge in [0.05, 0.1) is 19.1 Å². The standard InChI is InChI=1S/C27H40N4O5S/c1-6-36-27(35)18(4)12-20(13-19-10-8-7-9-11-19)29-25(34)21-16-37-26(30-21)23(32)14-22(17(2)3)31(5)24(33)15-28/h7-11,16-18,20,22-23,32H,6,12-15,28H2,1-5H3,(H,29,34). The first-order valence-corrected chi connectivity index (χ1v) is 13.6. The molecule has 1 aromatic heterocycles. The summed E-state index contributed by atoms with van der Waals surface area (Å²) < 4.78 is 5.14. The van der Waals surface area contributed by atoms with Gasteiger partial charge in [-0.05, 0) is 31.2 Å². The SMILES string of the molecule is CCOC(=O)C(C)CC(Cc1ccccc1)NC(=O)c1csc(C(O)CC(C(C)C)N(C)C(=O)CN)n1. The van der Waals surface area contributed by atoms with E-state index >= 15 is 0 Å². The lowest BCUT2D eigenvalue weighted by atomic mass is 9.96. The van der Waals surface area contributed by atoms with Gasteiger partial charge in [-0.2, -0.15) is 0 Å². The predicted molar refractivity (Wildman–Crippen MR) is 144 cm³/mol. The highest BCUT2D eigenvalue weighted by atomic mass is 32.1. The maximum absolute atomic E-state index is 13.1. The van der Waals surface area contributed by atoms with Crippen molar-refractivity contribution in [2.75, 3.05) is 20.2 Å². The number of esters is 1. The maximum Gasteiger partial charge on any atom is 0.308 e. The Morgan fingerprint density at radius 3 is 2.43 bits per heavy atom. The molecule has 0 saturated carbocycles. The van der Waals surface area contributed by atoms with Crippen LogP contribution in [0, 0.1) is 11.8 Å². The summed E-state index contributed by atoms with van der Waals surface area (Å²) in [5, 5.41) is 15.9. The molecule has 4 N–H and O–H groups in total. The monoisotopic (exact) mass is 532 g/mol. The number of aliphatic hydroxyl groups excluding tert-OH is 1. The van der Waals surface area contributed by atoms with Crippen molar-refractivity contribution >= 4 is 29.1 Å². The number of amides is 2. The summed E-state index contributed by atoms with van der Waals surface area (Å²) >= 11 is 1.20. The van der Waals surface area contributed by atoms with Gasteiger partial charge in [0.1, 0.15) is 16.8 Å². The van der Waals surface area contributed by atoms with Crippen molar-refractivity contribution < 1.29 is 24.2 Å². The molecule has 10 heteroatoms. The van der Waals surface area contributed by atoms with E-state index in [4.69, 9.17) is 10.5 Å². The van der Waals surface area contributed by atoms with Crippen molar-refractivity contribution in [3.8, 4) is 0 Å². The number of rotatable bonds is 14. The molecule has 0 bridgehead atoms. The van der Waals surface area contributed by atoms with E-state index < -0.39 is 6.10 Å². The van der Waals surface area contributed by atoms with Crippen LogP contribution in [0.5, 0.6) is 0 Å². The molecule has 2 aromatic rings. The summed E-state index contributed by atoms with van der Waals surface area (Å²) in [7, 11) is 1.68. The lowest BCUT2D eigenvalue weighted by Gasteiger charge is -2.32. The van der Waals surface area contributed by atoms with E-state index in [1.165, 1.54) is 11.3 Å². The Morgan fingerprint density at radius 1 is 1.16 bits per heavy atom. The first-order chi connectivity index (χ1) is 17.6. The molecule has 0 spiro atoms. The summed E-state index contributed by atoms with van der Waals surface area (Å²) in [5.74, 6) is -1.17. The number of nitrogens with zero attached hydrogens (tertiary/aromatic N) is 2. The number of thiazole rings is 1. The van der Waals surface area contributed by atoms with E-state index in [1.54, 1.807) is 31.2 Å². The normalized spacial score (nSPS) is 14.5. The lowest BCUT2D eigenvalue weighted by molar-refractivity contribution is -0.147. The molecule has 1 aromatic carbocycles. The lowest BCUT2D eigenvalue weighted by Crippen LogP contribution is -2.44. The fraction of sp³-hybridized carbons (Fsp3) is 0.556. The van der Waals surface area contributed by atoms with Crippen molar-refractivity contribution in [1.29, 1.82) is 0 Å². The molecule has 0 aliphatic heterocycles. The first-order valence-electron chi connectivity index (χ1n) is 12.7.